The molecular weight excluding hydrogens is 372 g/mol. The largest absolute Gasteiger partial charge is 0.378 e. The van der Waals surface area contributed by atoms with Gasteiger partial charge in [0.2, 0.25) is 0 Å². The molecule has 0 fully saturated rings. The molecule has 1 aromatic heterocycles. The number of hydrogen-bond acceptors (Lipinski definition) is 6. The fourth-order valence-electron chi connectivity index (χ4n) is 3.94. The van der Waals surface area contributed by atoms with E-state index in [0.29, 0.717) is 23.0 Å². The number of aromatic amines is 1. The lowest BCUT2D eigenvalue weighted by atomic mass is 9.76. The van der Waals surface area contributed by atoms with Gasteiger partial charge in [-0.05, 0) is 36.3 Å². The zero-order valence-electron chi connectivity index (χ0n) is 16.3. The molecule has 0 unspecified atom stereocenters. The maximum Gasteiger partial charge on any atom is 0.257 e. The number of allylic oxidation sites excluding steroid dienone is 2. The number of rotatable bonds is 4. The SMILES string of the molecule is CCSc1nc2c(c(=O)[nH]1)[C@@H](c1ccc(N(C)C)cc1)C1=C(CCCC1=O)N2. The Morgan fingerprint density at radius 3 is 2.61 bits per heavy atom. The van der Waals surface area contributed by atoms with Gasteiger partial charge in [-0.25, -0.2) is 4.98 Å². The van der Waals surface area contributed by atoms with Gasteiger partial charge >= 0.3 is 0 Å². The number of hydrogen-bond donors (Lipinski definition) is 2. The highest BCUT2D eigenvalue weighted by molar-refractivity contribution is 7.99. The highest BCUT2D eigenvalue weighted by Crippen LogP contribution is 2.43. The molecule has 4 rings (SSSR count). The van der Waals surface area contributed by atoms with Gasteiger partial charge in [-0.2, -0.15) is 0 Å². The van der Waals surface area contributed by atoms with Crippen molar-refractivity contribution < 1.29 is 4.79 Å². The van der Waals surface area contributed by atoms with Crippen LogP contribution in [0.25, 0.3) is 0 Å². The molecule has 1 aliphatic carbocycles. The summed E-state index contributed by atoms with van der Waals surface area (Å²) in [5.74, 6) is 1.14. The van der Waals surface area contributed by atoms with Crippen LogP contribution in [0.4, 0.5) is 11.5 Å². The van der Waals surface area contributed by atoms with Crippen molar-refractivity contribution in [2.75, 3.05) is 30.1 Å². The number of benzene rings is 1. The van der Waals surface area contributed by atoms with Gasteiger partial charge in [0.25, 0.3) is 5.56 Å². The van der Waals surface area contributed by atoms with Crippen LogP contribution >= 0.6 is 11.8 Å². The molecule has 0 saturated heterocycles. The van der Waals surface area contributed by atoms with Crippen LogP contribution in [0.5, 0.6) is 0 Å². The van der Waals surface area contributed by atoms with Crippen molar-refractivity contribution in [3.8, 4) is 0 Å². The van der Waals surface area contributed by atoms with Crippen LogP contribution in [0, 0.1) is 0 Å². The van der Waals surface area contributed by atoms with Crippen molar-refractivity contribution in [1.82, 2.24) is 9.97 Å². The van der Waals surface area contributed by atoms with Crippen molar-refractivity contribution in [1.29, 1.82) is 0 Å². The highest BCUT2D eigenvalue weighted by atomic mass is 32.2. The first-order valence-electron chi connectivity index (χ1n) is 9.57. The lowest BCUT2D eigenvalue weighted by Crippen LogP contribution is -2.32. The molecular formula is C21H24N4O2S. The number of aromatic nitrogens is 2. The van der Waals surface area contributed by atoms with Gasteiger partial charge in [0.05, 0.1) is 5.56 Å². The summed E-state index contributed by atoms with van der Waals surface area (Å²) in [5.41, 5.74) is 4.01. The Bertz CT molecular complexity index is 1010. The second kappa shape index (κ2) is 7.47. The molecule has 2 aliphatic rings. The number of H-pyrrole nitrogens is 1. The van der Waals surface area contributed by atoms with E-state index in [1.54, 1.807) is 0 Å². The predicted octanol–water partition coefficient (Wildman–Crippen LogP) is 3.51. The van der Waals surface area contributed by atoms with Crippen molar-refractivity contribution in [3.05, 3.63) is 57.0 Å². The van der Waals surface area contributed by atoms with Gasteiger partial charge in [0, 0.05) is 43.4 Å². The normalized spacial score (nSPS) is 18.4. The number of ketones is 1. The average Bonchev–Trinajstić information content (AvgIpc) is 2.67. The highest BCUT2D eigenvalue weighted by Gasteiger charge is 2.37. The second-order valence-corrected chi connectivity index (χ2v) is 8.53. The van der Waals surface area contributed by atoms with Crippen LogP contribution in [-0.4, -0.2) is 35.6 Å². The maximum absolute atomic E-state index is 13.0. The van der Waals surface area contributed by atoms with Crippen LogP contribution in [0.15, 0.2) is 45.5 Å². The summed E-state index contributed by atoms with van der Waals surface area (Å²) in [6.45, 7) is 2.02. The van der Waals surface area contributed by atoms with E-state index in [9.17, 15) is 9.59 Å². The molecule has 0 spiro atoms. The molecule has 0 saturated carbocycles. The Morgan fingerprint density at radius 1 is 1.18 bits per heavy atom. The molecule has 146 valence electrons. The molecule has 6 nitrogen and oxygen atoms in total. The summed E-state index contributed by atoms with van der Waals surface area (Å²) in [6, 6.07) is 8.06. The van der Waals surface area contributed by atoms with Crippen molar-refractivity contribution in [3.63, 3.8) is 0 Å². The fourth-order valence-corrected chi connectivity index (χ4v) is 4.54. The van der Waals surface area contributed by atoms with E-state index in [2.05, 4.69) is 15.3 Å². The van der Waals surface area contributed by atoms with Crippen molar-refractivity contribution in [2.45, 2.75) is 37.3 Å². The molecule has 2 N–H and O–H groups in total. The van der Waals surface area contributed by atoms with E-state index < -0.39 is 0 Å². The topological polar surface area (TPSA) is 78.1 Å². The molecule has 0 radical (unpaired) electrons. The minimum atomic E-state index is -0.382. The van der Waals surface area contributed by atoms with Gasteiger partial charge in [0.1, 0.15) is 5.82 Å². The van der Waals surface area contributed by atoms with E-state index >= 15 is 0 Å². The standard InChI is InChI=1S/C21H24N4O2S/c1-4-28-21-23-19-18(20(27)24-21)16(12-8-10-13(11-9-12)25(2)3)17-14(22-19)6-5-7-15(17)26/h8-11,16H,4-7H2,1-3H3,(H2,22,23,24,27)/t16-/m0/s1. The van der Waals surface area contributed by atoms with E-state index in [0.717, 1.165) is 41.1 Å². The van der Waals surface area contributed by atoms with Crippen LogP contribution in [0.3, 0.4) is 0 Å². The smallest absolute Gasteiger partial charge is 0.257 e. The number of anilines is 2. The monoisotopic (exact) mass is 396 g/mol. The van der Waals surface area contributed by atoms with Crippen molar-refractivity contribution >= 4 is 29.1 Å². The van der Waals surface area contributed by atoms with Crippen LogP contribution in [-0.2, 0) is 4.79 Å². The third-order valence-corrected chi connectivity index (χ3v) is 6.02. The molecule has 2 heterocycles. The zero-order chi connectivity index (χ0) is 19.8. The number of thioether (sulfide) groups is 1. The number of carbonyl (C=O) groups excluding carboxylic acids is 1. The number of carbonyl (C=O) groups is 1. The molecule has 28 heavy (non-hydrogen) atoms. The summed E-state index contributed by atoms with van der Waals surface area (Å²) in [6.07, 6.45) is 2.15. The third-order valence-electron chi connectivity index (χ3n) is 5.26. The first-order chi connectivity index (χ1) is 13.5. The van der Waals surface area contributed by atoms with E-state index in [4.69, 9.17) is 0 Å². The van der Waals surface area contributed by atoms with Crippen LogP contribution < -0.4 is 15.8 Å². The molecule has 0 bridgehead atoms. The zero-order valence-corrected chi connectivity index (χ0v) is 17.2. The fraction of sp³-hybridized carbons (Fsp3) is 0.381. The Kier molecular flexibility index (Phi) is 5.02. The second-order valence-electron chi connectivity index (χ2n) is 7.28. The maximum atomic E-state index is 13.0. The van der Waals surface area contributed by atoms with Gasteiger partial charge in [-0.3, -0.25) is 9.59 Å². The summed E-state index contributed by atoms with van der Waals surface area (Å²) in [4.78, 5) is 35.4. The van der Waals surface area contributed by atoms with E-state index in [1.165, 1.54) is 11.8 Å². The van der Waals surface area contributed by atoms with Gasteiger partial charge in [-0.1, -0.05) is 30.8 Å². The van der Waals surface area contributed by atoms with Crippen LogP contribution in [0.2, 0.25) is 0 Å². The quantitative estimate of drug-likeness (QED) is 0.608. The molecule has 1 atom stereocenters. The Hall–Kier alpha value is -2.54. The Balaban J connectivity index is 1.90. The molecule has 0 amide bonds. The van der Waals surface area contributed by atoms with E-state index in [-0.39, 0.29) is 17.3 Å². The van der Waals surface area contributed by atoms with Gasteiger partial charge in [0.15, 0.2) is 10.9 Å². The molecule has 7 heteroatoms. The number of nitrogens with one attached hydrogen (secondary N) is 2. The van der Waals surface area contributed by atoms with Gasteiger partial charge < -0.3 is 15.2 Å². The average molecular weight is 397 g/mol. The number of nitrogens with zero attached hydrogens (tertiary/aromatic N) is 2. The summed E-state index contributed by atoms with van der Waals surface area (Å²) < 4.78 is 0. The Morgan fingerprint density at radius 2 is 1.93 bits per heavy atom. The van der Waals surface area contributed by atoms with Crippen LogP contribution in [0.1, 0.15) is 43.2 Å². The van der Waals surface area contributed by atoms with E-state index in [1.807, 2.05) is 50.2 Å². The first kappa shape index (κ1) is 18.8. The summed E-state index contributed by atoms with van der Waals surface area (Å²) >= 11 is 1.50. The third kappa shape index (κ3) is 3.24. The Labute approximate surface area is 168 Å². The lowest BCUT2D eigenvalue weighted by Gasteiger charge is -2.33. The van der Waals surface area contributed by atoms with Gasteiger partial charge in [-0.15, -0.1) is 0 Å². The predicted molar refractivity (Wildman–Crippen MR) is 113 cm³/mol. The molecule has 1 aromatic carbocycles. The molecule has 1 aliphatic heterocycles. The molecule has 2 aromatic rings. The first-order valence-corrected chi connectivity index (χ1v) is 10.6. The minimum absolute atomic E-state index is 0.118. The minimum Gasteiger partial charge on any atom is -0.378 e. The summed E-state index contributed by atoms with van der Waals surface area (Å²) in [5, 5.41) is 3.91. The summed E-state index contributed by atoms with van der Waals surface area (Å²) in [7, 11) is 3.98. The lowest BCUT2D eigenvalue weighted by molar-refractivity contribution is -0.116. The van der Waals surface area contributed by atoms with Crippen molar-refractivity contribution in [2.24, 2.45) is 0 Å². The number of Topliss-reactive ketones (excluding diaryl/α,β-unsaturated/α-hetero) is 1. The number of fused-ring (bicyclic) bond motifs is 1.